The fraction of sp³-hybridized carbons (Fsp3) is 0.636. The number of benzene rings is 1. The van der Waals surface area contributed by atoms with E-state index in [1.54, 1.807) is 12.0 Å². The highest BCUT2D eigenvalue weighted by molar-refractivity contribution is 14.0. The molecular weight excluding hydrogens is 509 g/mol. The van der Waals surface area contributed by atoms with Gasteiger partial charge in [0.1, 0.15) is 5.75 Å². The zero-order chi connectivity index (χ0) is 21.9. The average Bonchev–Trinajstić information content (AvgIpc) is 2.74. The first kappa shape index (κ1) is 27.3. The lowest BCUT2D eigenvalue weighted by Gasteiger charge is -2.32. The van der Waals surface area contributed by atoms with Gasteiger partial charge in [0.2, 0.25) is 0 Å². The summed E-state index contributed by atoms with van der Waals surface area (Å²) < 4.78 is 10.5. The summed E-state index contributed by atoms with van der Waals surface area (Å²) in [6.45, 7) is 7.11. The summed E-state index contributed by atoms with van der Waals surface area (Å²) >= 11 is 0. The number of carbonyl (C=O) groups is 1. The Labute approximate surface area is 203 Å². The van der Waals surface area contributed by atoms with E-state index in [0.717, 1.165) is 31.1 Å². The van der Waals surface area contributed by atoms with E-state index >= 15 is 0 Å². The van der Waals surface area contributed by atoms with Crippen molar-refractivity contribution in [3.63, 3.8) is 0 Å². The molecule has 9 heteroatoms. The predicted octanol–water partition coefficient (Wildman–Crippen LogP) is 3.09. The van der Waals surface area contributed by atoms with Gasteiger partial charge in [0.15, 0.2) is 5.96 Å². The highest BCUT2D eigenvalue weighted by atomic mass is 127. The van der Waals surface area contributed by atoms with Crippen LogP contribution in [0.15, 0.2) is 29.3 Å². The first-order chi connectivity index (χ1) is 14.5. The summed E-state index contributed by atoms with van der Waals surface area (Å²) in [7, 11) is 5.80. The number of ether oxygens (including phenoxy) is 2. The molecule has 1 heterocycles. The van der Waals surface area contributed by atoms with Crippen LogP contribution in [0.4, 0.5) is 4.79 Å². The van der Waals surface area contributed by atoms with E-state index in [9.17, 15) is 4.79 Å². The minimum Gasteiger partial charge on any atom is -0.497 e. The number of hydrogen-bond donors (Lipinski definition) is 2. The van der Waals surface area contributed by atoms with Gasteiger partial charge in [-0.05, 0) is 58.5 Å². The minimum atomic E-state index is -0.219. The summed E-state index contributed by atoms with van der Waals surface area (Å²) in [6.07, 6.45) is 1.52. The van der Waals surface area contributed by atoms with Crippen molar-refractivity contribution >= 4 is 36.0 Å². The monoisotopic (exact) mass is 547 g/mol. The van der Waals surface area contributed by atoms with Crippen LogP contribution in [0.25, 0.3) is 0 Å². The van der Waals surface area contributed by atoms with Gasteiger partial charge in [-0.1, -0.05) is 12.1 Å². The van der Waals surface area contributed by atoms with Crippen LogP contribution in [0.3, 0.4) is 0 Å². The van der Waals surface area contributed by atoms with E-state index in [1.807, 2.05) is 19.1 Å². The molecule has 1 atom stereocenters. The molecule has 2 rings (SSSR count). The van der Waals surface area contributed by atoms with Crippen molar-refractivity contribution in [3.05, 3.63) is 29.8 Å². The van der Waals surface area contributed by atoms with E-state index in [1.165, 1.54) is 5.56 Å². The van der Waals surface area contributed by atoms with Crippen LogP contribution < -0.4 is 15.4 Å². The summed E-state index contributed by atoms with van der Waals surface area (Å²) in [4.78, 5) is 20.7. The number of piperidine rings is 1. The molecule has 0 radical (unpaired) electrons. The second kappa shape index (κ2) is 14.3. The Morgan fingerprint density at radius 3 is 2.58 bits per heavy atom. The molecular formula is C22H38IN5O3. The fourth-order valence-electron chi connectivity index (χ4n) is 3.53. The lowest BCUT2D eigenvalue weighted by atomic mass is 10.1. The number of halogens is 1. The third kappa shape index (κ3) is 8.72. The molecule has 8 nitrogen and oxygen atoms in total. The lowest BCUT2D eigenvalue weighted by molar-refractivity contribution is 0.0963. The van der Waals surface area contributed by atoms with Gasteiger partial charge in [-0.2, -0.15) is 0 Å². The van der Waals surface area contributed by atoms with Crippen LogP contribution in [-0.2, 0) is 4.74 Å². The summed E-state index contributed by atoms with van der Waals surface area (Å²) in [5.41, 5.74) is 1.17. The zero-order valence-corrected chi connectivity index (χ0v) is 21.7. The topological polar surface area (TPSA) is 78.4 Å². The minimum absolute atomic E-state index is 0. The second-order valence-electron chi connectivity index (χ2n) is 7.58. The van der Waals surface area contributed by atoms with Crippen molar-refractivity contribution in [3.8, 4) is 5.75 Å². The van der Waals surface area contributed by atoms with Crippen LogP contribution in [0.1, 0.15) is 38.3 Å². The van der Waals surface area contributed by atoms with E-state index in [4.69, 9.17) is 14.5 Å². The number of amides is 1. The van der Waals surface area contributed by atoms with E-state index in [-0.39, 0.29) is 42.2 Å². The molecule has 2 N–H and O–H groups in total. The largest absolute Gasteiger partial charge is 0.497 e. The Morgan fingerprint density at radius 2 is 2.00 bits per heavy atom. The first-order valence-corrected chi connectivity index (χ1v) is 10.7. The van der Waals surface area contributed by atoms with Crippen molar-refractivity contribution in [2.75, 3.05) is 54.0 Å². The smallest absolute Gasteiger partial charge is 0.409 e. The lowest BCUT2D eigenvalue weighted by Crippen LogP contribution is -2.50. The van der Waals surface area contributed by atoms with Gasteiger partial charge in [0, 0.05) is 25.7 Å². The van der Waals surface area contributed by atoms with Gasteiger partial charge in [-0.3, -0.25) is 4.99 Å². The SMILES string of the molecule is CCNC(=NCC(c1cccc(OC)c1)N(C)C)NC1CCN(C(=O)OCC)CC1.I. The molecule has 1 aliphatic rings. The number of hydrogen-bond acceptors (Lipinski definition) is 5. The van der Waals surface area contributed by atoms with E-state index in [0.29, 0.717) is 26.2 Å². The van der Waals surface area contributed by atoms with Crippen LogP contribution in [-0.4, -0.2) is 81.9 Å². The van der Waals surface area contributed by atoms with Crippen molar-refractivity contribution < 1.29 is 14.3 Å². The maximum absolute atomic E-state index is 11.9. The van der Waals surface area contributed by atoms with Crippen LogP contribution in [0, 0.1) is 0 Å². The van der Waals surface area contributed by atoms with E-state index < -0.39 is 0 Å². The third-order valence-corrected chi connectivity index (χ3v) is 5.23. The number of likely N-dealkylation sites (tertiary alicyclic amines) is 1. The predicted molar refractivity (Wildman–Crippen MR) is 136 cm³/mol. The number of rotatable bonds is 8. The van der Waals surface area contributed by atoms with Crippen molar-refractivity contribution in [2.24, 2.45) is 4.99 Å². The zero-order valence-electron chi connectivity index (χ0n) is 19.4. The Bertz CT molecular complexity index is 693. The van der Waals surface area contributed by atoms with Gasteiger partial charge in [-0.25, -0.2) is 4.79 Å². The number of guanidine groups is 1. The molecule has 0 aliphatic carbocycles. The molecule has 0 aromatic heterocycles. The van der Waals surface area contributed by atoms with Crippen LogP contribution >= 0.6 is 24.0 Å². The Balaban J connectivity index is 0.00000480. The highest BCUT2D eigenvalue weighted by Crippen LogP contribution is 2.23. The molecule has 31 heavy (non-hydrogen) atoms. The van der Waals surface area contributed by atoms with Crippen LogP contribution in [0.2, 0.25) is 0 Å². The van der Waals surface area contributed by atoms with Crippen LogP contribution in [0.5, 0.6) is 5.75 Å². The molecule has 1 amide bonds. The average molecular weight is 547 g/mol. The Kier molecular flexibility index (Phi) is 12.6. The highest BCUT2D eigenvalue weighted by Gasteiger charge is 2.24. The number of likely N-dealkylation sites (N-methyl/N-ethyl adjacent to an activating group) is 1. The second-order valence-corrected chi connectivity index (χ2v) is 7.58. The molecule has 1 unspecified atom stereocenters. The van der Waals surface area contributed by atoms with Gasteiger partial charge in [0.05, 0.1) is 26.3 Å². The van der Waals surface area contributed by atoms with Crippen molar-refractivity contribution in [2.45, 2.75) is 38.8 Å². The van der Waals surface area contributed by atoms with Gasteiger partial charge >= 0.3 is 6.09 Å². The number of nitrogens with zero attached hydrogens (tertiary/aromatic N) is 3. The maximum atomic E-state index is 11.9. The van der Waals surface area contributed by atoms with Gasteiger partial charge in [0.25, 0.3) is 0 Å². The summed E-state index contributed by atoms with van der Waals surface area (Å²) in [5, 5.41) is 6.88. The molecule has 1 aromatic rings. The number of aliphatic imine (C=N–C) groups is 1. The van der Waals surface area contributed by atoms with Crippen molar-refractivity contribution in [1.29, 1.82) is 0 Å². The number of carbonyl (C=O) groups excluding carboxylic acids is 1. The fourth-order valence-corrected chi connectivity index (χ4v) is 3.53. The molecule has 0 saturated carbocycles. The maximum Gasteiger partial charge on any atom is 0.409 e. The molecule has 0 bridgehead atoms. The molecule has 176 valence electrons. The summed E-state index contributed by atoms with van der Waals surface area (Å²) in [6, 6.07) is 8.55. The molecule has 1 aromatic carbocycles. The Morgan fingerprint density at radius 1 is 1.29 bits per heavy atom. The standard InChI is InChI=1S/C22H37N5O3.HI/c1-6-23-21(25-18-11-13-27(14-12-18)22(28)30-7-2)24-16-20(26(3)4)17-9-8-10-19(15-17)29-5;/h8-10,15,18,20H,6-7,11-14,16H2,1-5H3,(H2,23,24,25);1H. The first-order valence-electron chi connectivity index (χ1n) is 10.7. The Hall–Kier alpha value is -1.75. The summed E-state index contributed by atoms with van der Waals surface area (Å²) in [5.74, 6) is 1.66. The van der Waals surface area contributed by atoms with Crippen molar-refractivity contribution in [1.82, 2.24) is 20.4 Å². The molecule has 0 spiro atoms. The third-order valence-electron chi connectivity index (χ3n) is 5.23. The van der Waals surface area contributed by atoms with E-state index in [2.05, 4.69) is 48.7 Å². The number of methoxy groups -OCH3 is 1. The quantitative estimate of drug-likeness (QED) is 0.296. The number of nitrogens with one attached hydrogen (secondary N) is 2. The molecule has 1 saturated heterocycles. The normalized spacial score (nSPS) is 15.8. The van der Waals surface area contributed by atoms with Gasteiger partial charge in [-0.15, -0.1) is 24.0 Å². The van der Waals surface area contributed by atoms with Gasteiger partial charge < -0.3 is 29.9 Å². The molecule has 1 fully saturated rings. The molecule has 1 aliphatic heterocycles.